The number of rotatable bonds is 7. The van der Waals surface area contributed by atoms with E-state index in [1.54, 1.807) is 50.4 Å². The molecule has 0 radical (unpaired) electrons. The first-order valence-electron chi connectivity index (χ1n) is 7.85. The molecule has 9 heteroatoms. The highest BCUT2D eigenvalue weighted by atomic mass is 79.9. The highest BCUT2D eigenvalue weighted by molar-refractivity contribution is 9.10. The van der Waals surface area contributed by atoms with Gasteiger partial charge in [0.05, 0.1) is 30.0 Å². The van der Waals surface area contributed by atoms with Gasteiger partial charge in [-0.25, -0.2) is 15.0 Å². The molecule has 2 rings (SSSR count). The van der Waals surface area contributed by atoms with Crippen molar-refractivity contribution in [2.45, 2.75) is 6.92 Å². The van der Waals surface area contributed by atoms with Crippen LogP contribution in [0, 0.1) is 0 Å². The minimum absolute atomic E-state index is 0.234. The van der Waals surface area contributed by atoms with Crippen LogP contribution in [0.15, 0.2) is 46.0 Å². The number of urea groups is 1. The van der Waals surface area contributed by atoms with Crippen molar-refractivity contribution in [3.05, 3.63) is 52.0 Å². The monoisotopic (exact) mass is 435 g/mol. The first kappa shape index (κ1) is 20.2. The van der Waals surface area contributed by atoms with Crippen LogP contribution < -0.4 is 25.4 Å². The Kier molecular flexibility index (Phi) is 7.18. The number of amides is 2. The summed E-state index contributed by atoms with van der Waals surface area (Å²) in [5, 5.41) is 3.69. The van der Waals surface area contributed by atoms with Crippen molar-refractivity contribution in [3.63, 3.8) is 0 Å². The van der Waals surface area contributed by atoms with Gasteiger partial charge in [-0.15, -0.1) is 0 Å². The largest absolute Gasteiger partial charge is 0.497 e. The Morgan fingerprint density at radius 2 is 1.96 bits per heavy atom. The summed E-state index contributed by atoms with van der Waals surface area (Å²) in [7, 11) is 1.54. The molecule has 0 saturated heterocycles. The van der Waals surface area contributed by atoms with Crippen molar-refractivity contribution < 1.29 is 23.8 Å². The Bertz CT molecular complexity index is 853. The quantitative estimate of drug-likeness (QED) is 0.300. The lowest BCUT2D eigenvalue weighted by atomic mass is 10.2. The van der Waals surface area contributed by atoms with E-state index in [-0.39, 0.29) is 5.75 Å². The van der Waals surface area contributed by atoms with Crippen molar-refractivity contribution in [2.75, 3.05) is 13.7 Å². The van der Waals surface area contributed by atoms with Crippen LogP contribution in [0.1, 0.15) is 22.8 Å². The van der Waals surface area contributed by atoms with E-state index >= 15 is 0 Å². The second-order valence-corrected chi connectivity index (χ2v) is 5.97. The zero-order valence-corrected chi connectivity index (χ0v) is 16.3. The molecule has 2 amide bonds. The van der Waals surface area contributed by atoms with E-state index < -0.39 is 12.0 Å². The van der Waals surface area contributed by atoms with E-state index in [1.807, 2.05) is 0 Å². The standard InChI is InChI=1S/C18H18BrN3O5/c1-3-26-15-9-11(10-21-22-18(20)24)8-14(19)16(15)27-17(23)12-4-6-13(25-2)7-5-12/h4-10H,3H2,1-2H3,(H3,20,22,24)/b21-10-. The molecule has 0 aliphatic rings. The maximum absolute atomic E-state index is 12.4. The maximum atomic E-state index is 12.4. The van der Waals surface area contributed by atoms with Gasteiger partial charge in [0.1, 0.15) is 5.75 Å². The van der Waals surface area contributed by atoms with Crippen LogP contribution in [0.4, 0.5) is 4.79 Å². The fourth-order valence-electron chi connectivity index (χ4n) is 2.07. The summed E-state index contributed by atoms with van der Waals surface area (Å²) in [5.74, 6) is 0.666. The topological polar surface area (TPSA) is 112 Å². The molecule has 0 fully saturated rings. The molecule has 0 spiro atoms. The molecular weight excluding hydrogens is 418 g/mol. The first-order valence-corrected chi connectivity index (χ1v) is 8.65. The second kappa shape index (κ2) is 9.58. The van der Waals surface area contributed by atoms with Crippen LogP contribution in [0.25, 0.3) is 0 Å². The molecule has 142 valence electrons. The third kappa shape index (κ3) is 5.71. The number of nitrogens with zero attached hydrogens (tertiary/aromatic N) is 1. The molecule has 0 heterocycles. The lowest BCUT2D eigenvalue weighted by Crippen LogP contribution is -2.24. The van der Waals surface area contributed by atoms with E-state index in [4.69, 9.17) is 19.9 Å². The van der Waals surface area contributed by atoms with Crippen LogP contribution in [0.3, 0.4) is 0 Å². The Hall–Kier alpha value is -3.07. The fourth-order valence-corrected chi connectivity index (χ4v) is 2.61. The zero-order valence-electron chi connectivity index (χ0n) is 14.7. The maximum Gasteiger partial charge on any atom is 0.343 e. The van der Waals surface area contributed by atoms with Crippen LogP contribution in [-0.2, 0) is 0 Å². The van der Waals surface area contributed by atoms with E-state index in [9.17, 15) is 9.59 Å². The minimum atomic E-state index is -0.777. The average molecular weight is 436 g/mol. The summed E-state index contributed by atoms with van der Waals surface area (Å²) >= 11 is 3.36. The number of ether oxygens (including phenoxy) is 3. The Labute approximate surface area is 164 Å². The molecule has 0 saturated carbocycles. The van der Waals surface area contributed by atoms with Crippen LogP contribution in [0.5, 0.6) is 17.2 Å². The highest BCUT2D eigenvalue weighted by Gasteiger charge is 2.17. The van der Waals surface area contributed by atoms with Gasteiger partial charge in [0.25, 0.3) is 0 Å². The number of hydrogen-bond donors (Lipinski definition) is 2. The average Bonchev–Trinajstić information content (AvgIpc) is 2.64. The molecule has 2 aromatic carbocycles. The lowest BCUT2D eigenvalue weighted by Gasteiger charge is -2.13. The molecule has 0 aliphatic heterocycles. The van der Waals surface area contributed by atoms with Crippen molar-refractivity contribution in [1.29, 1.82) is 0 Å². The predicted molar refractivity (Wildman–Crippen MR) is 104 cm³/mol. The number of carbonyl (C=O) groups is 2. The van der Waals surface area contributed by atoms with E-state index in [2.05, 4.69) is 26.5 Å². The van der Waals surface area contributed by atoms with Gasteiger partial charge in [0, 0.05) is 0 Å². The summed E-state index contributed by atoms with van der Waals surface area (Å²) in [4.78, 5) is 23.1. The van der Waals surface area contributed by atoms with E-state index in [0.29, 0.717) is 33.7 Å². The molecule has 0 bridgehead atoms. The molecule has 3 N–H and O–H groups in total. The Morgan fingerprint density at radius 3 is 2.56 bits per heavy atom. The predicted octanol–water partition coefficient (Wildman–Crippen LogP) is 3.08. The molecule has 0 aliphatic carbocycles. The van der Waals surface area contributed by atoms with Crippen LogP contribution in [-0.4, -0.2) is 31.9 Å². The van der Waals surface area contributed by atoms with Crippen LogP contribution in [0.2, 0.25) is 0 Å². The fraction of sp³-hybridized carbons (Fsp3) is 0.167. The minimum Gasteiger partial charge on any atom is -0.497 e. The van der Waals surface area contributed by atoms with Gasteiger partial charge < -0.3 is 19.9 Å². The summed E-state index contributed by atoms with van der Waals surface area (Å²) in [6.07, 6.45) is 1.38. The van der Waals surface area contributed by atoms with E-state index in [1.165, 1.54) is 6.21 Å². The summed E-state index contributed by atoms with van der Waals surface area (Å²) in [5.41, 5.74) is 8.02. The SMILES string of the molecule is CCOc1cc(/C=N\NC(N)=O)cc(Br)c1OC(=O)c1ccc(OC)cc1. The van der Waals surface area contributed by atoms with Crippen molar-refractivity contribution >= 4 is 34.1 Å². The Balaban J connectivity index is 2.27. The van der Waals surface area contributed by atoms with Gasteiger partial charge in [-0.3, -0.25) is 0 Å². The second-order valence-electron chi connectivity index (χ2n) is 5.12. The zero-order chi connectivity index (χ0) is 19.8. The summed E-state index contributed by atoms with van der Waals surface area (Å²) < 4.78 is 16.6. The number of nitrogens with one attached hydrogen (secondary N) is 1. The van der Waals surface area contributed by atoms with Gasteiger partial charge in [0.15, 0.2) is 11.5 Å². The van der Waals surface area contributed by atoms with Crippen molar-refractivity contribution in [2.24, 2.45) is 10.8 Å². The third-order valence-electron chi connectivity index (χ3n) is 3.24. The normalized spacial score (nSPS) is 10.5. The van der Waals surface area contributed by atoms with Gasteiger partial charge in [0.2, 0.25) is 0 Å². The Morgan fingerprint density at radius 1 is 1.26 bits per heavy atom. The summed E-state index contributed by atoms with van der Waals surface area (Å²) in [6, 6.07) is 9.04. The molecule has 8 nitrogen and oxygen atoms in total. The molecule has 0 atom stereocenters. The summed E-state index contributed by atoms with van der Waals surface area (Å²) in [6.45, 7) is 2.16. The number of nitrogens with two attached hydrogens (primary N) is 1. The van der Waals surface area contributed by atoms with Gasteiger partial charge >= 0.3 is 12.0 Å². The first-order chi connectivity index (χ1) is 12.9. The van der Waals surface area contributed by atoms with E-state index in [0.717, 1.165) is 0 Å². The number of benzene rings is 2. The number of halogens is 1. The number of methoxy groups -OCH3 is 1. The van der Waals surface area contributed by atoms with Crippen molar-refractivity contribution in [3.8, 4) is 17.2 Å². The van der Waals surface area contributed by atoms with Crippen molar-refractivity contribution in [1.82, 2.24) is 5.43 Å². The number of primary amides is 1. The third-order valence-corrected chi connectivity index (χ3v) is 3.83. The molecule has 27 heavy (non-hydrogen) atoms. The molecular formula is C18H18BrN3O5. The van der Waals surface area contributed by atoms with Crippen LogP contribution >= 0.6 is 15.9 Å². The molecule has 0 aromatic heterocycles. The van der Waals surface area contributed by atoms with Gasteiger partial charge in [-0.1, -0.05) is 0 Å². The number of hydrogen-bond acceptors (Lipinski definition) is 6. The van der Waals surface area contributed by atoms with Gasteiger partial charge in [-0.2, -0.15) is 5.10 Å². The smallest absolute Gasteiger partial charge is 0.343 e. The molecule has 0 unspecified atom stereocenters. The van der Waals surface area contributed by atoms with Gasteiger partial charge in [-0.05, 0) is 64.8 Å². The lowest BCUT2D eigenvalue weighted by molar-refractivity contribution is 0.0727. The number of hydrazone groups is 1. The molecule has 2 aromatic rings. The highest BCUT2D eigenvalue weighted by Crippen LogP contribution is 2.37. The number of carbonyl (C=O) groups excluding carboxylic acids is 2. The number of esters is 1.